The first-order valence-corrected chi connectivity index (χ1v) is 22.3. The van der Waals surface area contributed by atoms with Crippen LogP contribution in [0.2, 0.25) is 0 Å². The first-order chi connectivity index (χ1) is 30.0. The monoisotopic (exact) mass is 1010 g/mol. The predicted molar refractivity (Wildman–Crippen MR) is 263 cm³/mol. The summed E-state index contributed by atoms with van der Waals surface area (Å²) in [7, 11) is 0. The van der Waals surface area contributed by atoms with E-state index in [1.165, 1.54) is 116 Å². The largest absolute Gasteiger partial charge is 3.00 e. The minimum Gasteiger partial charge on any atom is -0.266 e. The number of rotatable bonds is 0. The van der Waals surface area contributed by atoms with Gasteiger partial charge < -0.3 is 0 Å². The van der Waals surface area contributed by atoms with E-state index >= 15 is 0 Å². The van der Waals surface area contributed by atoms with Crippen LogP contribution in [-0.2, 0) is 36.4 Å². The van der Waals surface area contributed by atoms with E-state index in [4.69, 9.17) is 0 Å². The van der Waals surface area contributed by atoms with Crippen molar-refractivity contribution in [2.24, 2.45) is 0 Å². The van der Waals surface area contributed by atoms with Crippen LogP contribution in [0.1, 0.15) is 108 Å². The van der Waals surface area contributed by atoms with Crippen molar-refractivity contribution in [3.63, 3.8) is 0 Å². The smallest absolute Gasteiger partial charge is 0.266 e. The summed E-state index contributed by atoms with van der Waals surface area (Å²) in [5.74, 6) is 0. The normalized spacial score (nSPS) is 14.8. The molecule has 0 fully saturated rings. The van der Waals surface area contributed by atoms with Crippen LogP contribution in [0.4, 0.5) is 0 Å². The van der Waals surface area contributed by atoms with E-state index in [1.807, 2.05) is 36.8 Å². The number of aromatic nitrogens is 3. The SMILES string of the molecule is Cc1c[c-]c2c(c1)C(C)(C)c1cc(C)c3cccnc3c1-2.Cc1c[c-]c2c(c1)C(C)(C)c1cc(C)c3cccnc3c1-2.Cc1c[c-]c2c(c1)C(C)(C)c1cc(C)c3cccnc3c1-2.[Ir+3]. The van der Waals surface area contributed by atoms with E-state index in [1.54, 1.807) is 0 Å². The summed E-state index contributed by atoms with van der Waals surface area (Å²) in [5.41, 5.74) is 26.8. The van der Waals surface area contributed by atoms with Crippen molar-refractivity contribution in [1.29, 1.82) is 0 Å². The van der Waals surface area contributed by atoms with Crippen molar-refractivity contribution in [1.82, 2.24) is 15.0 Å². The molecular weight excluding hydrogens is 955 g/mol. The maximum Gasteiger partial charge on any atom is 3.00 e. The molecule has 0 radical (unpaired) electrons. The van der Waals surface area contributed by atoms with Gasteiger partial charge in [-0.25, -0.2) is 0 Å². The maximum atomic E-state index is 4.68. The molecule has 3 aliphatic rings. The second-order valence-corrected chi connectivity index (χ2v) is 19.8. The summed E-state index contributed by atoms with van der Waals surface area (Å²) in [5, 5.41) is 3.73. The Morgan fingerprint density at radius 3 is 0.906 bits per heavy atom. The summed E-state index contributed by atoms with van der Waals surface area (Å²) in [6.07, 6.45) is 5.67. The van der Waals surface area contributed by atoms with Crippen LogP contribution in [0, 0.1) is 59.7 Å². The van der Waals surface area contributed by atoms with E-state index in [9.17, 15) is 0 Å². The molecule has 4 heteroatoms. The van der Waals surface area contributed by atoms with Crippen molar-refractivity contribution in [3.8, 4) is 33.4 Å². The van der Waals surface area contributed by atoms with Crippen LogP contribution in [0.15, 0.2) is 110 Å². The molecule has 12 rings (SSSR count). The molecule has 0 N–H and O–H groups in total. The van der Waals surface area contributed by atoms with Crippen LogP contribution >= 0.6 is 0 Å². The average Bonchev–Trinajstić information content (AvgIpc) is 3.73. The van der Waals surface area contributed by atoms with E-state index in [2.05, 4.69) is 189 Å². The fourth-order valence-electron chi connectivity index (χ4n) is 10.8. The molecule has 3 aliphatic carbocycles. The van der Waals surface area contributed by atoms with Gasteiger partial charge in [0.05, 0.1) is 0 Å². The fraction of sp³-hybridized carbons (Fsp3) is 0.250. The van der Waals surface area contributed by atoms with Gasteiger partial charge in [-0.2, -0.15) is 0 Å². The minimum atomic E-state index is 0. The molecule has 64 heavy (non-hydrogen) atoms. The molecule has 3 aromatic heterocycles. The van der Waals surface area contributed by atoms with Crippen molar-refractivity contribution in [3.05, 3.63) is 195 Å². The van der Waals surface area contributed by atoms with E-state index in [-0.39, 0.29) is 36.4 Å². The van der Waals surface area contributed by atoms with Gasteiger partial charge in [-0.05, 0) is 88.1 Å². The molecule has 0 amide bonds. The van der Waals surface area contributed by atoms with Crippen LogP contribution < -0.4 is 0 Å². The molecule has 6 aromatic carbocycles. The number of hydrogen-bond donors (Lipinski definition) is 0. The topological polar surface area (TPSA) is 38.7 Å². The van der Waals surface area contributed by atoms with Crippen molar-refractivity contribution in [2.45, 2.75) is 99.3 Å². The van der Waals surface area contributed by atoms with Crippen molar-refractivity contribution >= 4 is 32.7 Å². The first kappa shape index (κ1) is 43.5. The van der Waals surface area contributed by atoms with Crippen molar-refractivity contribution in [2.75, 3.05) is 0 Å². The second kappa shape index (κ2) is 15.4. The number of benzene rings is 6. The zero-order valence-corrected chi connectivity index (χ0v) is 41.5. The quantitative estimate of drug-likeness (QED) is 0.142. The Kier molecular flexibility index (Phi) is 10.5. The number of aryl methyl sites for hydroxylation is 6. The molecule has 0 atom stereocenters. The minimum absolute atomic E-state index is 0. The molecule has 0 saturated heterocycles. The summed E-state index contributed by atoms with van der Waals surface area (Å²) < 4.78 is 0. The molecule has 318 valence electrons. The van der Waals surface area contributed by atoms with E-state index in [0.29, 0.717) is 0 Å². The van der Waals surface area contributed by atoms with Crippen LogP contribution in [0.5, 0.6) is 0 Å². The molecule has 3 nitrogen and oxygen atoms in total. The Morgan fingerprint density at radius 1 is 0.375 bits per heavy atom. The van der Waals surface area contributed by atoms with Gasteiger partial charge in [-0.15, -0.1) is 105 Å². The molecule has 3 heterocycles. The molecule has 0 bridgehead atoms. The Hall–Kier alpha value is -5.80. The summed E-state index contributed by atoms with van der Waals surface area (Å²) in [4.78, 5) is 14.0. The van der Waals surface area contributed by atoms with Gasteiger partial charge in [-0.3, -0.25) is 15.0 Å². The summed E-state index contributed by atoms with van der Waals surface area (Å²) in [6.45, 7) is 26.8. The third-order valence-corrected chi connectivity index (χ3v) is 14.3. The zero-order chi connectivity index (χ0) is 44.3. The van der Waals surface area contributed by atoms with Gasteiger partial charge in [0.15, 0.2) is 0 Å². The standard InChI is InChI=1S/3C20H18N.Ir/c3*1-12-7-8-15-16(10-12)20(3,4)17-11-13(2)14-6-5-9-21-19(14)18(15)17;/h3*5-7,9-11H,1-4H3;/q3*-1;+3. The van der Waals surface area contributed by atoms with E-state index < -0.39 is 0 Å². The molecule has 0 saturated carbocycles. The summed E-state index contributed by atoms with van der Waals surface area (Å²) >= 11 is 0. The Balaban J connectivity index is 0.000000121. The first-order valence-electron chi connectivity index (χ1n) is 22.3. The maximum absolute atomic E-state index is 4.68. The molecular formula is C60H54IrN3. The van der Waals surface area contributed by atoms with Crippen molar-refractivity contribution < 1.29 is 20.1 Å². The van der Waals surface area contributed by atoms with Gasteiger partial charge in [0, 0.05) is 35.1 Å². The Labute approximate surface area is 392 Å². The third-order valence-electron chi connectivity index (χ3n) is 14.3. The number of pyridine rings is 3. The zero-order valence-electron chi connectivity index (χ0n) is 39.1. The van der Waals surface area contributed by atoms with E-state index in [0.717, 1.165) is 16.6 Å². The third kappa shape index (κ3) is 6.51. The van der Waals surface area contributed by atoms with Gasteiger partial charge in [0.1, 0.15) is 0 Å². The number of nitrogens with zero attached hydrogens (tertiary/aromatic N) is 3. The molecule has 9 aromatic rings. The van der Waals surface area contributed by atoms with Gasteiger partial charge in [-0.1, -0.05) is 132 Å². The van der Waals surface area contributed by atoms with Crippen LogP contribution in [0.3, 0.4) is 0 Å². The van der Waals surface area contributed by atoms with Gasteiger partial charge >= 0.3 is 20.1 Å². The Bertz CT molecular complexity index is 3030. The number of fused-ring (bicyclic) bond motifs is 15. The molecule has 0 aliphatic heterocycles. The number of hydrogen-bond acceptors (Lipinski definition) is 3. The van der Waals surface area contributed by atoms with Crippen LogP contribution in [0.25, 0.3) is 66.1 Å². The fourth-order valence-corrected chi connectivity index (χ4v) is 10.8. The molecule has 0 spiro atoms. The van der Waals surface area contributed by atoms with Gasteiger partial charge in [0.25, 0.3) is 0 Å². The second-order valence-electron chi connectivity index (χ2n) is 19.8. The Morgan fingerprint density at radius 2 is 0.641 bits per heavy atom. The van der Waals surface area contributed by atoms with Gasteiger partial charge in [0.2, 0.25) is 0 Å². The van der Waals surface area contributed by atoms with Crippen LogP contribution in [-0.4, -0.2) is 15.0 Å². The summed E-state index contributed by atoms with van der Waals surface area (Å²) in [6, 6.07) is 43.2. The predicted octanol–water partition coefficient (Wildman–Crippen LogP) is 14.9. The average molecular weight is 1010 g/mol. The molecule has 0 unspecified atom stereocenters.